The Balaban J connectivity index is 1.76. The maximum atomic E-state index is 13.2. The van der Waals surface area contributed by atoms with Gasteiger partial charge in [-0.05, 0) is 18.2 Å². The third-order valence-electron chi connectivity index (χ3n) is 5.49. The summed E-state index contributed by atoms with van der Waals surface area (Å²) in [6.45, 7) is 0. The van der Waals surface area contributed by atoms with Gasteiger partial charge in [-0.25, -0.2) is 9.79 Å². The third-order valence-corrected chi connectivity index (χ3v) is 5.72. The molecule has 10 nitrogen and oxygen atoms in total. The highest BCUT2D eigenvalue weighted by molar-refractivity contribution is 6.32. The number of amides is 1. The number of fused-ring (bicyclic) bond motifs is 1. The molecule has 4 rings (SSSR count). The van der Waals surface area contributed by atoms with Gasteiger partial charge in [0.2, 0.25) is 6.23 Å². The lowest BCUT2D eigenvalue weighted by atomic mass is 9.99. The molecule has 1 amide bonds. The number of benzodiazepines with no additional fused rings is 1. The monoisotopic (exact) mass is 476 g/mol. The van der Waals surface area contributed by atoms with Crippen molar-refractivity contribution in [1.82, 2.24) is 0 Å². The Kier molecular flexibility index (Phi) is 6.48. The number of hydrogen-bond donors (Lipinski definition) is 4. The van der Waals surface area contributed by atoms with Gasteiger partial charge in [0, 0.05) is 23.2 Å². The van der Waals surface area contributed by atoms with Crippen LogP contribution in [0.3, 0.4) is 0 Å². The van der Waals surface area contributed by atoms with Gasteiger partial charge < -0.3 is 34.8 Å². The summed E-state index contributed by atoms with van der Waals surface area (Å²) >= 11 is 6.20. The van der Waals surface area contributed by atoms with Gasteiger partial charge in [-0.15, -0.1) is 0 Å². The molecule has 0 radical (unpaired) electrons. The van der Waals surface area contributed by atoms with E-state index in [0.717, 1.165) is 0 Å². The first-order valence-corrected chi connectivity index (χ1v) is 10.4. The first kappa shape index (κ1) is 23.3. The van der Waals surface area contributed by atoms with Crippen molar-refractivity contribution in [3.05, 3.63) is 64.7 Å². The fourth-order valence-electron chi connectivity index (χ4n) is 3.72. The van der Waals surface area contributed by atoms with Crippen LogP contribution >= 0.6 is 11.6 Å². The zero-order chi connectivity index (χ0) is 23.9. The van der Waals surface area contributed by atoms with E-state index in [0.29, 0.717) is 27.5 Å². The number of halogens is 1. The molecule has 2 aromatic carbocycles. The van der Waals surface area contributed by atoms with Crippen LogP contribution in [0, 0.1) is 0 Å². The number of aliphatic hydroxyl groups excluding tert-OH is 3. The number of rotatable bonds is 4. The number of likely N-dealkylation sites (N-methyl/N-ethyl adjacent to an activating group) is 1. The lowest BCUT2D eigenvalue weighted by Gasteiger charge is -2.39. The first-order valence-electron chi connectivity index (χ1n) is 9.97. The van der Waals surface area contributed by atoms with Crippen molar-refractivity contribution >= 4 is 34.9 Å². The number of hydrogen-bond acceptors (Lipinski definition) is 8. The molecule has 4 N–H and O–H groups in total. The van der Waals surface area contributed by atoms with Crippen molar-refractivity contribution in [2.24, 2.45) is 4.99 Å². The summed E-state index contributed by atoms with van der Waals surface area (Å²) in [5.41, 5.74) is 2.08. The van der Waals surface area contributed by atoms with Gasteiger partial charge in [0.05, 0.1) is 11.4 Å². The molecule has 0 unspecified atom stereocenters. The summed E-state index contributed by atoms with van der Waals surface area (Å²) in [5.74, 6) is -2.20. The highest BCUT2D eigenvalue weighted by Crippen LogP contribution is 2.32. The van der Waals surface area contributed by atoms with Crippen molar-refractivity contribution in [3.8, 4) is 0 Å². The van der Waals surface area contributed by atoms with Gasteiger partial charge in [-0.3, -0.25) is 4.79 Å². The number of carbonyl (C=O) groups is 2. The number of aliphatic carboxylic acids is 1. The number of benzene rings is 2. The van der Waals surface area contributed by atoms with E-state index in [2.05, 4.69) is 4.99 Å². The van der Waals surface area contributed by atoms with E-state index in [1.807, 2.05) is 6.07 Å². The normalized spacial score (nSPS) is 29.8. The van der Waals surface area contributed by atoms with Crippen LogP contribution in [-0.4, -0.2) is 82.0 Å². The fourth-order valence-corrected chi connectivity index (χ4v) is 3.90. The number of aliphatic imine (C=N–C) groups is 1. The predicted octanol–water partition coefficient (Wildman–Crippen LogP) is 0.389. The molecule has 2 aliphatic rings. The number of ether oxygens (including phenoxy) is 2. The minimum absolute atomic E-state index is 0.372. The van der Waals surface area contributed by atoms with E-state index in [-0.39, 0.29) is 0 Å². The zero-order valence-electron chi connectivity index (χ0n) is 17.3. The molecule has 1 fully saturated rings. The van der Waals surface area contributed by atoms with Crippen LogP contribution in [0.15, 0.2) is 53.5 Å². The lowest BCUT2D eigenvalue weighted by Crippen LogP contribution is -2.61. The predicted molar refractivity (Wildman–Crippen MR) is 116 cm³/mol. The molecule has 2 aliphatic heterocycles. The molecule has 0 aromatic heterocycles. The Morgan fingerprint density at radius 2 is 1.79 bits per heavy atom. The summed E-state index contributed by atoms with van der Waals surface area (Å²) in [4.78, 5) is 30.4. The van der Waals surface area contributed by atoms with Crippen molar-refractivity contribution in [1.29, 1.82) is 0 Å². The summed E-state index contributed by atoms with van der Waals surface area (Å²) in [6, 6.07) is 13.9. The second-order valence-corrected chi connectivity index (χ2v) is 8.06. The van der Waals surface area contributed by atoms with Crippen LogP contribution < -0.4 is 4.90 Å². The van der Waals surface area contributed by atoms with Gasteiger partial charge in [-0.2, -0.15) is 0 Å². The molecule has 174 valence electrons. The average Bonchev–Trinajstić information content (AvgIpc) is 2.90. The van der Waals surface area contributed by atoms with Gasteiger partial charge in [0.15, 0.2) is 12.4 Å². The van der Waals surface area contributed by atoms with E-state index in [1.54, 1.807) is 42.5 Å². The van der Waals surface area contributed by atoms with Gasteiger partial charge >= 0.3 is 5.97 Å². The fraction of sp³-hybridized carbons (Fsp3) is 0.318. The zero-order valence-corrected chi connectivity index (χ0v) is 18.0. The molecule has 33 heavy (non-hydrogen) atoms. The lowest BCUT2D eigenvalue weighted by molar-refractivity contribution is -0.300. The summed E-state index contributed by atoms with van der Waals surface area (Å²) in [7, 11) is 1.51. The largest absolute Gasteiger partial charge is 0.479 e. The molecule has 0 spiro atoms. The Labute approximate surface area is 193 Å². The second-order valence-electron chi connectivity index (χ2n) is 7.63. The Hall–Kier alpha value is -2.86. The highest BCUT2D eigenvalue weighted by Gasteiger charge is 2.49. The molecule has 1 saturated heterocycles. The SMILES string of the molecule is CN1C(=O)[C@H](O[C@H]2O[C@@H](C(=O)O)[C@H](O)[C@@H](O)[C@@H]2O)N=C(c2ccccc2)c2cc(Cl)ccc21. The number of carboxylic acids is 1. The van der Waals surface area contributed by atoms with E-state index >= 15 is 0 Å². The highest BCUT2D eigenvalue weighted by atomic mass is 35.5. The van der Waals surface area contributed by atoms with Crippen LogP contribution in [0.25, 0.3) is 0 Å². The number of anilines is 1. The number of carbonyl (C=O) groups excluding carboxylic acids is 1. The molecule has 2 aromatic rings. The minimum Gasteiger partial charge on any atom is -0.479 e. The molecular weight excluding hydrogens is 456 g/mol. The molecular formula is C22H21ClN2O8. The summed E-state index contributed by atoms with van der Waals surface area (Å²) in [5, 5.41) is 40.0. The number of nitrogens with zero attached hydrogens (tertiary/aromatic N) is 2. The van der Waals surface area contributed by atoms with E-state index in [4.69, 9.17) is 21.1 Å². The van der Waals surface area contributed by atoms with Crippen molar-refractivity contribution in [2.45, 2.75) is 36.9 Å². The topological polar surface area (TPSA) is 149 Å². The van der Waals surface area contributed by atoms with Crippen molar-refractivity contribution < 1.29 is 39.5 Å². The van der Waals surface area contributed by atoms with E-state index < -0.39 is 48.8 Å². The summed E-state index contributed by atoms with van der Waals surface area (Å²) in [6.07, 6.45) is -10.8. The maximum absolute atomic E-state index is 13.2. The van der Waals surface area contributed by atoms with Gasteiger partial charge in [0.1, 0.15) is 18.3 Å². The Morgan fingerprint density at radius 1 is 1.09 bits per heavy atom. The van der Waals surface area contributed by atoms with E-state index in [1.165, 1.54) is 11.9 Å². The smallest absolute Gasteiger partial charge is 0.335 e. The van der Waals surface area contributed by atoms with Crippen LogP contribution in [0.2, 0.25) is 5.02 Å². The second kappa shape index (κ2) is 9.18. The van der Waals surface area contributed by atoms with Gasteiger partial charge in [0.25, 0.3) is 5.91 Å². The van der Waals surface area contributed by atoms with Crippen LogP contribution in [0.5, 0.6) is 0 Å². The van der Waals surface area contributed by atoms with Crippen LogP contribution in [0.4, 0.5) is 5.69 Å². The standard InChI is InChI=1S/C22H21ClN2O8/c1-25-13-8-7-11(23)9-12(13)14(10-5-3-2-4-6-10)24-19(20(25)29)33-22-17(28)15(26)16(27)18(32-22)21(30)31/h2-9,15-19,22,26-28H,1H3,(H,30,31)/t15-,16-,17+,18-,19+,22-/m1/s1. The van der Waals surface area contributed by atoms with Crippen LogP contribution in [0.1, 0.15) is 11.1 Å². The molecule has 0 saturated carbocycles. The number of aliphatic hydroxyl groups is 3. The van der Waals surface area contributed by atoms with Crippen molar-refractivity contribution in [3.63, 3.8) is 0 Å². The third kappa shape index (κ3) is 4.36. The summed E-state index contributed by atoms with van der Waals surface area (Å²) < 4.78 is 10.8. The quantitative estimate of drug-likeness (QED) is 0.495. The molecule has 2 heterocycles. The van der Waals surface area contributed by atoms with E-state index in [9.17, 15) is 30.0 Å². The minimum atomic E-state index is -1.89. The molecule has 11 heteroatoms. The Morgan fingerprint density at radius 3 is 2.45 bits per heavy atom. The first-order chi connectivity index (χ1) is 15.7. The van der Waals surface area contributed by atoms with Gasteiger partial charge in [-0.1, -0.05) is 41.9 Å². The number of carboxylic acid groups (broad SMARTS) is 1. The average molecular weight is 477 g/mol. The maximum Gasteiger partial charge on any atom is 0.335 e. The molecule has 0 bridgehead atoms. The van der Waals surface area contributed by atoms with Crippen LogP contribution in [-0.2, 0) is 19.1 Å². The molecule has 6 atom stereocenters. The Bertz CT molecular complexity index is 1100. The molecule has 0 aliphatic carbocycles. The van der Waals surface area contributed by atoms with Crippen molar-refractivity contribution in [2.75, 3.05) is 11.9 Å².